The Labute approximate surface area is 155 Å². The number of carbonyl (C=O) groups excluding carboxylic acids is 1. The zero-order valence-electron chi connectivity index (χ0n) is 13.5. The molecular formula is C22H17BrO2. The molecule has 0 aliphatic heterocycles. The van der Waals surface area contributed by atoms with E-state index >= 15 is 0 Å². The van der Waals surface area contributed by atoms with Crippen LogP contribution in [0.3, 0.4) is 0 Å². The van der Waals surface area contributed by atoms with E-state index in [1.165, 1.54) is 6.08 Å². The molecule has 124 valence electrons. The second kappa shape index (κ2) is 8.45. The highest BCUT2D eigenvalue weighted by Crippen LogP contribution is 2.27. The van der Waals surface area contributed by atoms with Crippen molar-refractivity contribution in [1.82, 2.24) is 0 Å². The highest BCUT2D eigenvalue weighted by Gasteiger charge is 2.17. The number of carbonyl (C=O) groups is 1. The summed E-state index contributed by atoms with van der Waals surface area (Å²) in [5.74, 6) is -0.374. The van der Waals surface area contributed by atoms with E-state index in [0.717, 1.165) is 21.2 Å². The second-order valence-electron chi connectivity index (χ2n) is 5.52. The highest BCUT2D eigenvalue weighted by atomic mass is 79.9. The molecule has 1 unspecified atom stereocenters. The number of rotatable bonds is 5. The molecule has 0 aromatic heterocycles. The van der Waals surface area contributed by atoms with Crippen LogP contribution >= 0.6 is 15.9 Å². The smallest absolute Gasteiger partial charge is 0.331 e. The summed E-state index contributed by atoms with van der Waals surface area (Å²) in [6, 6.07) is 27.2. The summed E-state index contributed by atoms with van der Waals surface area (Å²) in [6.45, 7) is 0. The Morgan fingerprint density at radius 3 is 2.00 bits per heavy atom. The molecule has 3 rings (SSSR count). The first-order valence-electron chi connectivity index (χ1n) is 7.96. The van der Waals surface area contributed by atoms with Crippen molar-refractivity contribution < 1.29 is 9.53 Å². The van der Waals surface area contributed by atoms with Gasteiger partial charge in [-0.2, -0.15) is 0 Å². The van der Waals surface area contributed by atoms with Gasteiger partial charge in [-0.25, -0.2) is 4.79 Å². The van der Waals surface area contributed by atoms with Crippen LogP contribution in [0.25, 0.3) is 6.08 Å². The lowest BCUT2D eigenvalue weighted by Crippen LogP contribution is -2.10. The molecule has 3 heteroatoms. The van der Waals surface area contributed by atoms with Crippen LogP contribution in [0, 0.1) is 0 Å². The molecule has 0 aliphatic carbocycles. The molecule has 0 saturated carbocycles. The highest BCUT2D eigenvalue weighted by molar-refractivity contribution is 9.10. The molecule has 0 aliphatic rings. The van der Waals surface area contributed by atoms with Gasteiger partial charge in [-0.1, -0.05) is 88.7 Å². The fraction of sp³-hybridized carbons (Fsp3) is 0.0455. The van der Waals surface area contributed by atoms with Crippen molar-refractivity contribution in [2.45, 2.75) is 6.10 Å². The third-order valence-corrected chi connectivity index (χ3v) is 4.25. The maximum atomic E-state index is 12.3. The molecule has 1 atom stereocenters. The van der Waals surface area contributed by atoms with Gasteiger partial charge in [0.2, 0.25) is 0 Å². The Balaban J connectivity index is 1.81. The zero-order valence-corrected chi connectivity index (χ0v) is 15.1. The zero-order chi connectivity index (χ0) is 17.5. The summed E-state index contributed by atoms with van der Waals surface area (Å²) < 4.78 is 6.73. The largest absolute Gasteiger partial charge is 0.449 e. The van der Waals surface area contributed by atoms with Crippen molar-refractivity contribution in [3.05, 3.63) is 112 Å². The third-order valence-electron chi connectivity index (χ3n) is 3.72. The molecule has 0 saturated heterocycles. The van der Waals surface area contributed by atoms with Crippen molar-refractivity contribution >= 4 is 28.0 Å². The minimum Gasteiger partial charge on any atom is -0.449 e. The van der Waals surface area contributed by atoms with Gasteiger partial charge < -0.3 is 4.74 Å². The Bertz CT molecular complexity index is 840. The average Bonchev–Trinajstić information content (AvgIpc) is 2.67. The Morgan fingerprint density at radius 2 is 1.36 bits per heavy atom. The fourth-order valence-corrected chi connectivity index (χ4v) is 2.74. The van der Waals surface area contributed by atoms with Crippen molar-refractivity contribution in [3.8, 4) is 0 Å². The summed E-state index contributed by atoms with van der Waals surface area (Å²) in [5, 5.41) is 0. The van der Waals surface area contributed by atoms with Gasteiger partial charge in [-0.3, -0.25) is 0 Å². The number of hydrogen-bond donors (Lipinski definition) is 0. The Kier molecular flexibility index (Phi) is 5.81. The maximum Gasteiger partial charge on any atom is 0.331 e. The lowest BCUT2D eigenvalue weighted by Gasteiger charge is -2.18. The molecule has 0 N–H and O–H groups in total. The van der Waals surface area contributed by atoms with Crippen LogP contribution in [0.5, 0.6) is 0 Å². The number of ether oxygens (including phenoxy) is 1. The molecule has 0 spiro atoms. The maximum absolute atomic E-state index is 12.3. The molecule has 2 nitrogen and oxygen atoms in total. The van der Waals surface area contributed by atoms with E-state index in [-0.39, 0.29) is 5.97 Å². The van der Waals surface area contributed by atoms with Crippen molar-refractivity contribution in [2.24, 2.45) is 0 Å². The monoisotopic (exact) mass is 392 g/mol. The van der Waals surface area contributed by atoms with Crippen LogP contribution in [0.15, 0.2) is 95.5 Å². The van der Waals surface area contributed by atoms with Crippen LogP contribution in [0.2, 0.25) is 0 Å². The number of benzene rings is 3. The first-order valence-corrected chi connectivity index (χ1v) is 8.76. The predicted octanol–water partition coefficient (Wildman–Crippen LogP) is 5.80. The summed E-state index contributed by atoms with van der Waals surface area (Å²) in [7, 11) is 0. The quantitative estimate of drug-likeness (QED) is 0.405. The van der Waals surface area contributed by atoms with E-state index < -0.39 is 6.10 Å². The third kappa shape index (κ3) is 4.91. The number of halogens is 1. The number of hydrogen-bond acceptors (Lipinski definition) is 2. The molecule has 3 aromatic carbocycles. The van der Waals surface area contributed by atoms with Crippen LogP contribution in [-0.4, -0.2) is 5.97 Å². The van der Waals surface area contributed by atoms with Gasteiger partial charge >= 0.3 is 5.97 Å². The summed E-state index contributed by atoms with van der Waals surface area (Å²) in [6.07, 6.45) is 2.78. The van der Waals surface area contributed by atoms with Crippen molar-refractivity contribution in [2.75, 3.05) is 0 Å². The molecular weight excluding hydrogens is 376 g/mol. The van der Waals surface area contributed by atoms with Crippen LogP contribution < -0.4 is 0 Å². The van der Waals surface area contributed by atoms with Gasteiger partial charge in [0.15, 0.2) is 6.10 Å². The van der Waals surface area contributed by atoms with Gasteiger partial charge in [0.25, 0.3) is 0 Å². The van der Waals surface area contributed by atoms with E-state index in [2.05, 4.69) is 15.9 Å². The van der Waals surface area contributed by atoms with Gasteiger partial charge in [0, 0.05) is 10.5 Å². The van der Waals surface area contributed by atoms with Crippen molar-refractivity contribution in [3.63, 3.8) is 0 Å². The van der Waals surface area contributed by atoms with E-state index in [1.807, 2.05) is 84.9 Å². The Hall–Kier alpha value is -2.65. The van der Waals surface area contributed by atoms with E-state index in [9.17, 15) is 4.79 Å². The average molecular weight is 393 g/mol. The van der Waals surface area contributed by atoms with E-state index in [4.69, 9.17) is 4.74 Å². The molecule has 0 bridgehead atoms. The molecule has 3 aromatic rings. The molecule has 0 heterocycles. The van der Waals surface area contributed by atoms with Gasteiger partial charge in [-0.05, 0) is 34.9 Å². The summed E-state index contributed by atoms with van der Waals surface area (Å²) >= 11 is 3.43. The minimum absolute atomic E-state index is 0.374. The lowest BCUT2D eigenvalue weighted by molar-refractivity contribution is -0.141. The molecule has 0 radical (unpaired) electrons. The summed E-state index contributed by atoms with van der Waals surface area (Å²) in [5.41, 5.74) is 2.82. The van der Waals surface area contributed by atoms with Gasteiger partial charge in [-0.15, -0.1) is 0 Å². The number of esters is 1. The van der Waals surface area contributed by atoms with Crippen LogP contribution in [0.4, 0.5) is 0 Å². The topological polar surface area (TPSA) is 26.3 Å². The molecule has 0 amide bonds. The minimum atomic E-state index is -0.442. The normalized spacial score (nSPS) is 12.0. The van der Waals surface area contributed by atoms with Gasteiger partial charge in [0.1, 0.15) is 0 Å². The lowest BCUT2D eigenvalue weighted by atomic mass is 10.0. The second-order valence-corrected chi connectivity index (χ2v) is 6.44. The standard InChI is InChI=1S/C22H17BrO2/c23-20-14-12-19(13-15-20)22(18-9-5-2-6-10-18)25-21(24)16-11-17-7-3-1-4-8-17/h1-16,22H. The van der Waals surface area contributed by atoms with Crippen LogP contribution in [-0.2, 0) is 9.53 Å². The van der Waals surface area contributed by atoms with E-state index in [1.54, 1.807) is 6.08 Å². The van der Waals surface area contributed by atoms with Crippen LogP contribution in [0.1, 0.15) is 22.8 Å². The fourth-order valence-electron chi connectivity index (χ4n) is 2.48. The molecule has 25 heavy (non-hydrogen) atoms. The Morgan fingerprint density at radius 1 is 0.800 bits per heavy atom. The SMILES string of the molecule is O=C(C=Cc1ccccc1)OC(c1ccccc1)c1ccc(Br)cc1. The van der Waals surface area contributed by atoms with E-state index in [0.29, 0.717) is 0 Å². The first-order chi connectivity index (χ1) is 12.2. The predicted molar refractivity (Wildman–Crippen MR) is 104 cm³/mol. The summed E-state index contributed by atoms with van der Waals surface area (Å²) in [4.78, 5) is 12.3. The van der Waals surface area contributed by atoms with Crippen molar-refractivity contribution in [1.29, 1.82) is 0 Å². The van der Waals surface area contributed by atoms with Gasteiger partial charge in [0.05, 0.1) is 0 Å². The first kappa shape index (κ1) is 17.2. The molecule has 0 fully saturated rings.